The molecule has 0 spiro atoms. The van der Waals surface area contributed by atoms with Gasteiger partial charge in [-0.3, -0.25) is 9.36 Å². The number of carbonyl (C=O) groups excluding carboxylic acids is 1. The SMILES string of the molecule is C=CCn1c(COc2ccccc2Cl)nnc1SCC(=O)Nc1ccc(C)cc1. The van der Waals surface area contributed by atoms with Crippen LogP contribution >= 0.6 is 23.4 Å². The van der Waals surface area contributed by atoms with Crippen molar-refractivity contribution in [2.24, 2.45) is 0 Å². The molecular formula is C21H21ClN4O2S. The lowest BCUT2D eigenvalue weighted by molar-refractivity contribution is -0.113. The monoisotopic (exact) mass is 428 g/mol. The number of para-hydroxylation sites is 1. The fraction of sp³-hybridized carbons (Fsp3) is 0.190. The van der Waals surface area contributed by atoms with Crippen LogP contribution in [0, 0.1) is 6.92 Å². The van der Waals surface area contributed by atoms with Gasteiger partial charge in [0.25, 0.3) is 0 Å². The van der Waals surface area contributed by atoms with Crippen LogP contribution in [-0.2, 0) is 17.9 Å². The van der Waals surface area contributed by atoms with Crippen LogP contribution in [0.5, 0.6) is 5.75 Å². The largest absolute Gasteiger partial charge is 0.484 e. The Hall–Kier alpha value is -2.77. The van der Waals surface area contributed by atoms with Crippen molar-refractivity contribution in [2.75, 3.05) is 11.1 Å². The first kappa shape index (κ1) is 21.0. The number of hydrogen-bond donors (Lipinski definition) is 1. The van der Waals surface area contributed by atoms with Crippen molar-refractivity contribution in [2.45, 2.75) is 25.2 Å². The predicted octanol–water partition coefficient (Wildman–Crippen LogP) is 4.74. The molecule has 1 heterocycles. The molecule has 0 unspecified atom stereocenters. The fourth-order valence-corrected chi connectivity index (χ4v) is 3.47. The molecule has 150 valence electrons. The zero-order valence-electron chi connectivity index (χ0n) is 16.0. The number of allylic oxidation sites excluding steroid dienone is 1. The van der Waals surface area contributed by atoms with Crippen LogP contribution in [-0.4, -0.2) is 26.4 Å². The smallest absolute Gasteiger partial charge is 0.234 e. The van der Waals surface area contributed by atoms with Gasteiger partial charge in [0.1, 0.15) is 12.4 Å². The van der Waals surface area contributed by atoms with Crippen molar-refractivity contribution in [1.29, 1.82) is 0 Å². The third kappa shape index (κ3) is 5.85. The normalized spacial score (nSPS) is 10.6. The molecule has 0 radical (unpaired) electrons. The molecule has 0 atom stereocenters. The van der Waals surface area contributed by atoms with E-state index in [0.29, 0.717) is 28.3 Å². The van der Waals surface area contributed by atoms with Crippen LogP contribution in [0.1, 0.15) is 11.4 Å². The number of rotatable bonds is 9. The maximum absolute atomic E-state index is 12.2. The fourth-order valence-electron chi connectivity index (χ4n) is 2.51. The minimum Gasteiger partial charge on any atom is -0.484 e. The number of hydrogen-bond acceptors (Lipinski definition) is 5. The first-order chi connectivity index (χ1) is 14.1. The zero-order valence-corrected chi connectivity index (χ0v) is 17.5. The number of benzene rings is 2. The van der Waals surface area contributed by atoms with E-state index in [-0.39, 0.29) is 18.3 Å². The van der Waals surface area contributed by atoms with E-state index in [1.165, 1.54) is 11.8 Å². The van der Waals surface area contributed by atoms with Crippen LogP contribution in [0.25, 0.3) is 0 Å². The molecule has 0 saturated heterocycles. The highest BCUT2D eigenvalue weighted by Crippen LogP contribution is 2.25. The summed E-state index contributed by atoms with van der Waals surface area (Å²) in [6.45, 7) is 6.50. The summed E-state index contributed by atoms with van der Waals surface area (Å²) < 4.78 is 7.63. The Kier molecular flexibility index (Phi) is 7.32. The first-order valence-electron chi connectivity index (χ1n) is 8.96. The number of aromatic nitrogens is 3. The molecule has 3 aromatic rings. The maximum Gasteiger partial charge on any atom is 0.234 e. The molecule has 29 heavy (non-hydrogen) atoms. The number of nitrogens with one attached hydrogen (secondary N) is 1. The Balaban J connectivity index is 1.61. The minimum atomic E-state index is -0.110. The topological polar surface area (TPSA) is 69.0 Å². The summed E-state index contributed by atoms with van der Waals surface area (Å²) in [6, 6.07) is 14.9. The van der Waals surface area contributed by atoms with Gasteiger partial charge in [-0.2, -0.15) is 0 Å². The molecule has 0 bridgehead atoms. The summed E-state index contributed by atoms with van der Waals surface area (Å²) in [6.07, 6.45) is 1.75. The van der Waals surface area contributed by atoms with Gasteiger partial charge in [0, 0.05) is 12.2 Å². The molecule has 0 aliphatic rings. The molecule has 8 heteroatoms. The molecule has 1 aromatic heterocycles. The van der Waals surface area contributed by atoms with Crippen molar-refractivity contribution in [3.8, 4) is 5.75 Å². The van der Waals surface area contributed by atoms with E-state index in [1.807, 2.05) is 47.9 Å². The Labute approximate surface area is 178 Å². The maximum atomic E-state index is 12.2. The van der Waals surface area contributed by atoms with Gasteiger partial charge >= 0.3 is 0 Å². The molecule has 0 saturated carbocycles. The quantitative estimate of drug-likeness (QED) is 0.394. The van der Waals surface area contributed by atoms with Crippen molar-refractivity contribution in [3.63, 3.8) is 0 Å². The summed E-state index contributed by atoms with van der Waals surface area (Å²) in [5.41, 5.74) is 1.91. The third-order valence-electron chi connectivity index (χ3n) is 3.97. The van der Waals surface area contributed by atoms with Crippen LogP contribution in [0.15, 0.2) is 66.3 Å². The Morgan fingerprint density at radius 3 is 2.72 bits per heavy atom. The van der Waals surface area contributed by atoms with E-state index in [0.717, 1.165) is 11.3 Å². The second-order valence-corrected chi connectivity index (χ2v) is 7.57. The van der Waals surface area contributed by atoms with Gasteiger partial charge in [0.2, 0.25) is 5.91 Å². The van der Waals surface area contributed by atoms with Gasteiger partial charge < -0.3 is 10.1 Å². The van der Waals surface area contributed by atoms with Gasteiger partial charge in [-0.05, 0) is 31.2 Å². The summed E-state index contributed by atoms with van der Waals surface area (Å²) in [7, 11) is 0. The Morgan fingerprint density at radius 2 is 2.00 bits per heavy atom. The summed E-state index contributed by atoms with van der Waals surface area (Å²) in [4.78, 5) is 12.2. The number of carbonyl (C=O) groups is 1. The lowest BCUT2D eigenvalue weighted by atomic mass is 10.2. The van der Waals surface area contributed by atoms with E-state index in [4.69, 9.17) is 16.3 Å². The molecule has 1 amide bonds. The lowest BCUT2D eigenvalue weighted by Gasteiger charge is -2.10. The zero-order chi connectivity index (χ0) is 20.6. The van der Waals surface area contributed by atoms with Gasteiger partial charge in [-0.15, -0.1) is 16.8 Å². The molecule has 6 nitrogen and oxygen atoms in total. The molecular weight excluding hydrogens is 408 g/mol. The Morgan fingerprint density at radius 1 is 1.24 bits per heavy atom. The van der Waals surface area contributed by atoms with Crippen LogP contribution in [0.3, 0.4) is 0 Å². The standard InChI is InChI=1S/C21H21ClN4O2S/c1-3-12-26-19(13-28-18-7-5-4-6-17(18)22)24-25-21(26)29-14-20(27)23-16-10-8-15(2)9-11-16/h3-11H,1,12-14H2,2H3,(H,23,27). The molecule has 3 rings (SSSR count). The highest BCUT2D eigenvalue weighted by atomic mass is 35.5. The van der Waals surface area contributed by atoms with Crippen molar-refractivity contribution in [3.05, 3.63) is 77.6 Å². The molecule has 1 N–H and O–H groups in total. The minimum absolute atomic E-state index is 0.110. The molecule has 0 fully saturated rings. The average molecular weight is 429 g/mol. The summed E-state index contributed by atoms with van der Waals surface area (Å²) >= 11 is 7.43. The van der Waals surface area contributed by atoms with Crippen molar-refractivity contribution in [1.82, 2.24) is 14.8 Å². The van der Waals surface area contributed by atoms with E-state index in [1.54, 1.807) is 18.2 Å². The number of anilines is 1. The highest BCUT2D eigenvalue weighted by Gasteiger charge is 2.14. The lowest BCUT2D eigenvalue weighted by Crippen LogP contribution is -2.15. The second-order valence-electron chi connectivity index (χ2n) is 6.22. The number of nitrogens with zero attached hydrogens (tertiary/aromatic N) is 3. The van der Waals surface area contributed by atoms with E-state index >= 15 is 0 Å². The van der Waals surface area contributed by atoms with Gasteiger partial charge in [-0.25, -0.2) is 0 Å². The first-order valence-corrected chi connectivity index (χ1v) is 10.3. The molecule has 0 aliphatic carbocycles. The van der Waals surface area contributed by atoms with Gasteiger partial charge in [0.15, 0.2) is 11.0 Å². The number of thioether (sulfide) groups is 1. The average Bonchev–Trinajstić information content (AvgIpc) is 3.09. The molecule has 0 aliphatic heterocycles. The van der Waals surface area contributed by atoms with Crippen LogP contribution in [0.2, 0.25) is 5.02 Å². The van der Waals surface area contributed by atoms with E-state index in [2.05, 4.69) is 22.1 Å². The predicted molar refractivity (Wildman–Crippen MR) is 117 cm³/mol. The van der Waals surface area contributed by atoms with Crippen molar-refractivity contribution >= 4 is 35.0 Å². The van der Waals surface area contributed by atoms with Gasteiger partial charge in [-0.1, -0.05) is 59.3 Å². The summed E-state index contributed by atoms with van der Waals surface area (Å²) in [5.74, 6) is 1.32. The van der Waals surface area contributed by atoms with E-state index < -0.39 is 0 Å². The van der Waals surface area contributed by atoms with Crippen LogP contribution in [0.4, 0.5) is 5.69 Å². The number of aryl methyl sites for hydroxylation is 1. The number of ether oxygens (including phenoxy) is 1. The second kappa shape index (κ2) is 10.1. The third-order valence-corrected chi connectivity index (χ3v) is 5.25. The number of halogens is 1. The van der Waals surface area contributed by atoms with Crippen molar-refractivity contribution < 1.29 is 9.53 Å². The summed E-state index contributed by atoms with van der Waals surface area (Å²) in [5, 5.41) is 12.4. The number of amides is 1. The van der Waals surface area contributed by atoms with Gasteiger partial charge in [0.05, 0.1) is 10.8 Å². The highest BCUT2D eigenvalue weighted by molar-refractivity contribution is 7.99. The Bertz CT molecular complexity index is 989. The molecule has 2 aromatic carbocycles. The van der Waals surface area contributed by atoms with E-state index in [9.17, 15) is 4.79 Å². The van der Waals surface area contributed by atoms with Crippen LogP contribution < -0.4 is 10.1 Å².